The van der Waals surface area contributed by atoms with Crippen LogP contribution in [0.5, 0.6) is 6.01 Å². The van der Waals surface area contributed by atoms with Gasteiger partial charge >= 0.3 is 6.01 Å². The number of hydrogen-bond donors (Lipinski definition) is 1. The Morgan fingerprint density at radius 3 is 2.80 bits per heavy atom. The number of hydrogen-bond acceptors (Lipinski definition) is 6. The molecule has 1 rings (SSSR count). The second-order valence-corrected chi connectivity index (χ2v) is 2.62. The number of nitrogens with zero attached hydrogens (tertiary/aromatic N) is 4. The van der Waals surface area contributed by atoms with Crippen molar-refractivity contribution in [3.63, 3.8) is 0 Å². The number of rotatable bonds is 5. The van der Waals surface area contributed by atoms with Gasteiger partial charge in [-0.2, -0.15) is 5.53 Å². The van der Waals surface area contributed by atoms with Gasteiger partial charge < -0.3 is 4.74 Å². The first kappa shape index (κ1) is 11.0. The fourth-order valence-electron chi connectivity index (χ4n) is 0.861. The van der Waals surface area contributed by atoms with Gasteiger partial charge in [-0.25, -0.2) is 15.0 Å². The van der Waals surface area contributed by atoms with Gasteiger partial charge in [-0.15, -0.1) is 0 Å². The molecule has 0 aliphatic heterocycles. The van der Waals surface area contributed by atoms with Gasteiger partial charge in [0.05, 0.1) is 6.54 Å². The molecule has 1 heterocycles. The van der Waals surface area contributed by atoms with Crippen LogP contribution in [0, 0.1) is 5.53 Å². The summed E-state index contributed by atoms with van der Waals surface area (Å²) >= 11 is 0. The Morgan fingerprint density at radius 1 is 1.60 bits per heavy atom. The predicted octanol–water partition coefficient (Wildman–Crippen LogP) is 0.650. The van der Waals surface area contributed by atoms with E-state index in [4.69, 9.17) is 10.3 Å². The molecule has 7 heteroatoms. The van der Waals surface area contributed by atoms with Gasteiger partial charge in [-0.1, -0.05) is 5.22 Å². The summed E-state index contributed by atoms with van der Waals surface area (Å²) in [6, 6.07) is 1.92. The standard InChI is InChI=1S/C8H11N5O2/c1-7(14)13(12-9)5-6-15-8-10-3-2-4-11-8/h2-4,9H,5-6H2,1H3. The van der Waals surface area contributed by atoms with Crippen LogP contribution >= 0.6 is 0 Å². The van der Waals surface area contributed by atoms with E-state index in [1.807, 2.05) is 0 Å². The summed E-state index contributed by atoms with van der Waals surface area (Å²) in [5.41, 5.74) is 6.72. The van der Waals surface area contributed by atoms with Crippen LogP contribution in [0.3, 0.4) is 0 Å². The summed E-state index contributed by atoms with van der Waals surface area (Å²) in [5.74, 6) is -0.303. The van der Waals surface area contributed by atoms with Crippen LogP contribution in [0.15, 0.2) is 23.7 Å². The van der Waals surface area contributed by atoms with Crippen molar-refractivity contribution in [1.82, 2.24) is 15.0 Å². The van der Waals surface area contributed by atoms with E-state index in [2.05, 4.69) is 15.2 Å². The largest absolute Gasteiger partial charge is 0.461 e. The second kappa shape index (κ2) is 5.63. The average Bonchev–Trinajstić information content (AvgIpc) is 2.25. The van der Waals surface area contributed by atoms with Crippen LogP contribution in [0.1, 0.15) is 6.92 Å². The second-order valence-electron chi connectivity index (χ2n) is 2.62. The van der Waals surface area contributed by atoms with Crippen LogP contribution in [0.2, 0.25) is 0 Å². The van der Waals surface area contributed by atoms with Crippen LogP contribution in [-0.2, 0) is 4.79 Å². The Labute approximate surface area is 86.6 Å². The molecule has 0 spiro atoms. The molecule has 0 aliphatic rings. The highest BCUT2D eigenvalue weighted by Crippen LogP contribution is 1.98. The normalized spacial score (nSPS) is 9.40. The molecule has 0 bridgehead atoms. The van der Waals surface area contributed by atoms with Crippen molar-refractivity contribution < 1.29 is 9.53 Å². The third-order valence-corrected chi connectivity index (χ3v) is 1.56. The molecule has 1 N–H and O–H groups in total. The third kappa shape index (κ3) is 3.67. The summed E-state index contributed by atoms with van der Waals surface area (Å²) in [6.45, 7) is 1.74. The molecule has 0 aliphatic carbocycles. The maximum atomic E-state index is 10.8. The van der Waals surface area contributed by atoms with Crippen LogP contribution in [0.4, 0.5) is 0 Å². The number of carbonyl (C=O) groups excluding carboxylic acids is 1. The first-order chi connectivity index (χ1) is 7.24. The maximum absolute atomic E-state index is 10.8. The smallest absolute Gasteiger partial charge is 0.316 e. The molecule has 1 aromatic rings. The van der Waals surface area contributed by atoms with Crippen LogP contribution < -0.4 is 4.74 Å². The summed E-state index contributed by atoms with van der Waals surface area (Å²) in [5, 5.41) is 4.02. The van der Waals surface area contributed by atoms with Gasteiger partial charge in [0.2, 0.25) is 5.91 Å². The Kier molecular flexibility index (Phi) is 4.14. The highest BCUT2D eigenvalue weighted by molar-refractivity contribution is 5.72. The lowest BCUT2D eigenvalue weighted by Crippen LogP contribution is -2.27. The highest BCUT2D eigenvalue weighted by atomic mass is 16.5. The lowest BCUT2D eigenvalue weighted by Gasteiger charge is -2.11. The van der Waals surface area contributed by atoms with E-state index in [1.165, 1.54) is 6.92 Å². The van der Waals surface area contributed by atoms with E-state index >= 15 is 0 Å². The minimum atomic E-state index is -0.303. The van der Waals surface area contributed by atoms with E-state index < -0.39 is 0 Å². The molecular weight excluding hydrogens is 198 g/mol. The zero-order valence-electron chi connectivity index (χ0n) is 8.25. The van der Waals surface area contributed by atoms with E-state index in [9.17, 15) is 4.79 Å². The van der Waals surface area contributed by atoms with Crippen molar-refractivity contribution in [2.75, 3.05) is 13.2 Å². The third-order valence-electron chi connectivity index (χ3n) is 1.56. The van der Waals surface area contributed by atoms with Crippen molar-refractivity contribution in [3.05, 3.63) is 18.5 Å². The Bertz CT molecular complexity index is 329. The van der Waals surface area contributed by atoms with Gasteiger partial charge in [0.15, 0.2) is 0 Å². The SMILES string of the molecule is CC(=O)N(CCOc1ncccn1)N=N. The van der Waals surface area contributed by atoms with Gasteiger partial charge in [-0.3, -0.25) is 4.79 Å². The minimum Gasteiger partial charge on any atom is -0.461 e. The molecule has 0 fully saturated rings. The van der Waals surface area contributed by atoms with Gasteiger partial charge in [-0.05, 0) is 6.07 Å². The molecule has 0 unspecified atom stereocenters. The lowest BCUT2D eigenvalue weighted by molar-refractivity contribution is -0.129. The van der Waals surface area contributed by atoms with E-state index in [1.54, 1.807) is 18.5 Å². The fourth-order valence-corrected chi connectivity index (χ4v) is 0.861. The van der Waals surface area contributed by atoms with E-state index in [0.717, 1.165) is 5.01 Å². The maximum Gasteiger partial charge on any atom is 0.316 e. The van der Waals surface area contributed by atoms with Gasteiger partial charge in [0.25, 0.3) is 0 Å². The number of ether oxygens (including phenoxy) is 1. The number of amides is 1. The number of aromatic nitrogens is 2. The van der Waals surface area contributed by atoms with Crippen molar-refractivity contribution in [2.45, 2.75) is 6.92 Å². The van der Waals surface area contributed by atoms with Crippen molar-refractivity contribution in [1.29, 1.82) is 5.53 Å². The first-order valence-electron chi connectivity index (χ1n) is 4.29. The molecule has 80 valence electrons. The topological polar surface area (TPSA) is 91.5 Å². The number of nitrogens with one attached hydrogen (secondary N) is 1. The molecule has 0 atom stereocenters. The van der Waals surface area contributed by atoms with Crippen molar-refractivity contribution in [3.8, 4) is 6.01 Å². The fraction of sp³-hybridized carbons (Fsp3) is 0.375. The predicted molar refractivity (Wildman–Crippen MR) is 50.1 cm³/mol. The zero-order chi connectivity index (χ0) is 11.1. The molecule has 15 heavy (non-hydrogen) atoms. The molecule has 0 saturated heterocycles. The van der Waals surface area contributed by atoms with E-state index in [0.29, 0.717) is 0 Å². The summed E-state index contributed by atoms with van der Waals surface area (Å²) < 4.78 is 5.13. The van der Waals surface area contributed by atoms with Crippen LogP contribution in [-0.4, -0.2) is 34.0 Å². The molecule has 0 saturated carbocycles. The van der Waals surface area contributed by atoms with Crippen molar-refractivity contribution >= 4 is 5.91 Å². The molecule has 0 radical (unpaired) electrons. The molecule has 7 nitrogen and oxygen atoms in total. The monoisotopic (exact) mass is 209 g/mol. The molecule has 1 aromatic heterocycles. The minimum absolute atomic E-state index is 0.200. The zero-order valence-corrected chi connectivity index (χ0v) is 8.25. The summed E-state index contributed by atoms with van der Waals surface area (Å²) in [7, 11) is 0. The molecule has 0 aromatic carbocycles. The Hall–Kier alpha value is -2.05. The van der Waals surface area contributed by atoms with Crippen LogP contribution in [0.25, 0.3) is 0 Å². The summed E-state index contributed by atoms with van der Waals surface area (Å²) in [6.07, 6.45) is 3.11. The van der Waals surface area contributed by atoms with Crippen molar-refractivity contribution in [2.24, 2.45) is 5.22 Å². The Balaban J connectivity index is 2.33. The number of carbonyl (C=O) groups is 1. The lowest BCUT2D eigenvalue weighted by atomic mass is 10.6. The first-order valence-corrected chi connectivity index (χ1v) is 4.29. The average molecular weight is 209 g/mol. The highest BCUT2D eigenvalue weighted by Gasteiger charge is 2.06. The summed E-state index contributed by atoms with van der Waals surface area (Å²) in [4.78, 5) is 18.5. The molecular formula is C8H11N5O2. The molecule has 1 amide bonds. The van der Waals surface area contributed by atoms with Gasteiger partial charge in [0, 0.05) is 19.3 Å². The quantitative estimate of drug-likeness (QED) is 0.569. The Morgan fingerprint density at radius 2 is 2.27 bits per heavy atom. The van der Waals surface area contributed by atoms with Gasteiger partial charge in [0.1, 0.15) is 6.61 Å². The van der Waals surface area contributed by atoms with E-state index in [-0.39, 0.29) is 25.1 Å².